The normalized spacial score (nSPS) is 20.0. The summed E-state index contributed by atoms with van der Waals surface area (Å²) in [5, 5.41) is 2.26. The number of carbonyl (C=O) groups excluding carboxylic acids is 3. The quantitative estimate of drug-likeness (QED) is 0.565. The molecule has 0 bridgehead atoms. The highest BCUT2D eigenvalue weighted by molar-refractivity contribution is 9.10. The molecule has 2 aliphatic rings. The van der Waals surface area contributed by atoms with Crippen molar-refractivity contribution in [2.75, 3.05) is 4.90 Å². The van der Waals surface area contributed by atoms with Crippen molar-refractivity contribution < 1.29 is 14.4 Å². The summed E-state index contributed by atoms with van der Waals surface area (Å²) in [6.45, 7) is 0. The monoisotopic (exact) mass is 441 g/mol. The fraction of sp³-hybridized carbons (Fsp3) is 0.286. The molecule has 144 valence electrons. The standard InChI is InChI=1S/C21H20BrN3O3/c22-15-5-4-8-17(12-15)25-20(27)18(19(26)23-21(25)28)11-14-9-10-24(13-14)16-6-2-1-3-7-16/h4-5,8-13,16H,1-3,6-7H2,(H,23,26,28)/b18-11-. The Bertz CT molecular complexity index is 973. The predicted octanol–water partition coefficient (Wildman–Crippen LogP) is 4.42. The largest absolute Gasteiger partial charge is 0.351 e. The lowest BCUT2D eigenvalue weighted by molar-refractivity contribution is -0.122. The molecule has 0 atom stereocenters. The average Bonchev–Trinajstić information content (AvgIpc) is 3.14. The van der Waals surface area contributed by atoms with E-state index >= 15 is 0 Å². The van der Waals surface area contributed by atoms with Gasteiger partial charge in [-0.05, 0) is 48.7 Å². The number of urea groups is 1. The third kappa shape index (κ3) is 3.67. The lowest BCUT2D eigenvalue weighted by Crippen LogP contribution is -2.54. The van der Waals surface area contributed by atoms with Gasteiger partial charge in [0.2, 0.25) is 0 Å². The second-order valence-electron chi connectivity index (χ2n) is 7.12. The van der Waals surface area contributed by atoms with Crippen molar-refractivity contribution in [2.24, 2.45) is 0 Å². The average molecular weight is 442 g/mol. The number of anilines is 1. The zero-order chi connectivity index (χ0) is 19.7. The molecule has 1 aliphatic carbocycles. The van der Waals surface area contributed by atoms with Gasteiger partial charge in [-0.1, -0.05) is 41.3 Å². The molecule has 0 unspecified atom stereocenters. The maximum absolute atomic E-state index is 12.9. The number of imide groups is 2. The Hall–Kier alpha value is -2.67. The fourth-order valence-electron chi connectivity index (χ4n) is 3.80. The summed E-state index contributed by atoms with van der Waals surface area (Å²) in [5.74, 6) is -1.30. The summed E-state index contributed by atoms with van der Waals surface area (Å²) in [5.41, 5.74) is 1.11. The molecule has 0 radical (unpaired) electrons. The van der Waals surface area contributed by atoms with E-state index in [1.165, 1.54) is 19.3 Å². The molecule has 1 saturated heterocycles. The number of nitrogens with zero attached hydrogens (tertiary/aromatic N) is 2. The van der Waals surface area contributed by atoms with Gasteiger partial charge in [0.25, 0.3) is 11.8 Å². The fourth-order valence-corrected chi connectivity index (χ4v) is 4.18. The van der Waals surface area contributed by atoms with Crippen molar-refractivity contribution in [3.63, 3.8) is 0 Å². The van der Waals surface area contributed by atoms with Gasteiger partial charge in [-0.15, -0.1) is 0 Å². The minimum absolute atomic E-state index is 0.0547. The van der Waals surface area contributed by atoms with Crippen molar-refractivity contribution in [1.29, 1.82) is 0 Å². The molecule has 6 nitrogen and oxygen atoms in total. The van der Waals surface area contributed by atoms with Crippen LogP contribution in [-0.2, 0) is 9.59 Å². The van der Waals surface area contributed by atoms with E-state index in [-0.39, 0.29) is 5.57 Å². The minimum atomic E-state index is -0.745. The van der Waals surface area contributed by atoms with E-state index < -0.39 is 17.8 Å². The van der Waals surface area contributed by atoms with E-state index in [2.05, 4.69) is 25.8 Å². The van der Waals surface area contributed by atoms with Gasteiger partial charge in [0.05, 0.1) is 5.69 Å². The number of barbiturate groups is 1. The van der Waals surface area contributed by atoms with Gasteiger partial charge in [0.1, 0.15) is 5.57 Å². The molecule has 2 fully saturated rings. The number of hydrogen-bond donors (Lipinski definition) is 1. The first-order valence-corrected chi connectivity index (χ1v) is 10.2. The van der Waals surface area contributed by atoms with Crippen molar-refractivity contribution in [1.82, 2.24) is 9.88 Å². The lowest BCUT2D eigenvalue weighted by atomic mass is 9.95. The van der Waals surface area contributed by atoms with E-state index in [1.54, 1.807) is 30.3 Å². The summed E-state index contributed by atoms with van der Waals surface area (Å²) < 4.78 is 2.89. The first-order valence-electron chi connectivity index (χ1n) is 9.37. The number of hydrogen-bond acceptors (Lipinski definition) is 3. The first kappa shape index (κ1) is 18.7. The van der Waals surface area contributed by atoms with Crippen LogP contribution in [0.15, 0.2) is 52.8 Å². The molecule has 1 N–H and O–H groups in total. The number of carbonyl (C=O) groups is 3. The van der Waals surface area contributed by atoms with Crippen LogP contribution in [0.1, 0.15) is 43.7 Å². The van der Waals surface area contributed by atoms with E-state index in [0.717, 1.165) is 27.8 Å². The second-order valence-corrected chi connectivity index (χ2v) is 8.04. The number of nitrogens with one attached hydrogen (secondary N) is 1. The van der Waals surface area contributed by atoms with Gasteiger partial charge in [-0.2, -0.15) is 0 Å². The van der Waals surface area contributed by atoms with Crippen LogP contribution < -0.4 is 10.2 Å². The molecule has 1 aliphatic heterocycles. The zero-order valence-corrected chi connectivity index (χ0v) is 16.8. The summed E-state index contributed by atoms with van der Waals surface area (Å²) in [4.78, 5) is 38.5. The number of aromatic nitrogens is 1. The molecule has 28 heavy (non-hydrogen) atoms. The van der Waals surface area contributed by atoms with Crippen LogP contribution in [0.5, 0.6) is 0 Å². The van der Waals surface area contributed by atoms with Crippen LogP contribution in [0.4, 0.5) is 10.5 Å². The number of halogens is 1. The molecule has 1 saturated carbocycles. The highest BCUT2D eigenvalue weighted by atomic mass is 79.9. The summed E-state index contributed by atoms with van der Waals surface area (Å²) in [6.07, 6.45) is 11.5. The Morgan fingerprint density at radius 3 is 2.61 bits per heavy atom. The number of amides is 4. The molecular weight excluding hydrogens is 422 g/mol. The smallest absolute Gasteiger partial charge is 0.335 e. The van der Waals surface area contributed by atoms with Gasteiger partial charge >= 0.3 is 6.03 Å². The Balaban J connectivity index is 1.63. The topological polar surface area (TPSA) is 71.4 Å². The maximum atomic E-state index is 12.9. The van der Waals surface area contributed by atoms with Crippen molar-refractivity contribution >= 4 is 45.5 Å². The van der Waals surface area contributed by atoms with Crippen LogP contribution in [-0.4, -0.2) is 22.4 Å². The van der Waals surface area contributed by atoms with Crippen molar-refractivity contribution in [3.05, 3.63) is 58.3 Å². The number of benzene rings is 1. The highest BCUT2D eigenvalue weighted by Crippen LogP contribution is 2.29. The molecule has 1 aromatic carbocycles. The molecule has 0 spiro atoms. The minimum Gasteiger partial charge on any atom is -0.351 e. The number of rotatable bonds is 3. The van der Waals surface area contributed by atoms with E-state index in [0.29, 0.717) is 11.7 Å². The van der Waals surface area contributed by atoms with Gasteiger partial charge in [-0.25, -0.2) is 9.69 Å². The Morgan fingerprint density at radius 2 is 1.86 bits per heavy atom. The van der Waals surface area contributed by atoms with Gasteiger partial charge in [0.15, 0.2) is 0 Å². The molecular formula is C21H20BrN3O3. The lowest BCUT2D eigenvalue weighted by Gasteiger charge is -2.26. The highest BCUT2D eigenvalue weighted by Gasteiger charge is 2.36. The van der Waals surface area contributed by atoms with Gasteiger partial charge in [-0.3, -0.25) is 14.9 Å². The molecule has 1 aromatic heterocycles. The molecule has 4 rings (SSSR count). The third-order valence-electron chi connectivity index (χ3n) is 5.21. The summed E-state index contributed by atoms with van der Waals surface area (Å²) in [7, 11) is 0. The van der Waals surface area contributed by atoms with Crippen LogP contribution >= 0.6 is 15.9 Å². The second kappa shape index (κ2) is 7.75. The van der Waals surface area contributed by atoms with Crippen LogP contribution in [0.3, 0.4) is 0 Å². The Kier molecular flexibility index (Phi) is 5.17. The van der Waals surface area contributed by atoms with Crippen LogP contribution in [0.2, 0.25) is 0 Å². The van der Waals surface area contributed by atoms with E-state index in [9.17, 15) is 14.4 Å². The third-order valence-corrected chi connectivity index (χ3v) is 5.71. The summed E-state index contributed by atoms with van der Waals surface area (Å²) in [6, 6.07) is 8.44. The first-order chi connectivity index (χ1) is 13.5. The SMILES string of the molecule is O=C1NC(=O)N(c2cccc(Br)c2)C(=O)/C1=C\c1ccn(C2CCCCC2)c1. The van der Waals surface area contributed by atoms with Crippen molar-refractivity contribution in [3.8, 4) is 0 Å². The van der Waals surface area contributed by atoms with Gasteiger partial charge < -0.3 is 4.57 Å². The Labute approximate surface area is 171 Å². The molecule has 7 heteroatoms. The predicted molar refractivity (Wildman–Crippen MR) is 110 cm³/mol. The molecule has 2 aromatic rings. The van der Waals surface area contributed by atoms with Crippen LogP contribution in [0.25, 0.3) is 6.08 Å². The summed E-state index contributed by atoms with van der Waals surface area (Å²) >= 11 is 3.34. The van der Waals surface area contributed by atoms with Crippen molar-refractivity contribution in [2.45, 2.75) is 38.1 Å². The Morgan fingerprint density at radius 1 is 1.07 bits per heavy atom. The molecule has 4 amide bonds. The van der Waals surface area contributed by atoms with E-state index in [4.69, 9.17) is 0 Å². The van der Waals surface area contributed by atoms with Gasteiger partial charge in [0, 0.05) is 22.9 Å². The van der Waals surface area contributed by atoms with Crippen LogP contribution in [0, 0.1) is 0 Å². The zero-order valence-electron chi connectivity index (χ0n) is 15.2. The maximum Gasteiger partial charge on any atom is 0.335 e. The molecule has 2 heterocycles. The van der Waals surface area contributed by atoms with E-state index in [1.807, 2.05) is 18.5 Å².